The van der Waals surface area contributed by atoms with Gasteiger partial charge in [0, 0.05) is 13.1 Å². The number of hydrogen-bond donors (Lipinski definition) is 3. The average molecular weight is 548 g/mol. The van der Waals surface area contributed by atoms with Gasteiger partial charge >= 0.3 is 0 Å². The number of nitrogens with zero attached hydrogens (tertiary/aromatic N) is 2. The molecule has 0 radical (unpaired) electrons. The zero-order chi connectivity index (χ0) is 27.8. The highest BCUT2D eigenvalue weighted by molar-refractivity contribution is 6.29. The highest BCUT2D eigenvalue weighted by Gasteiger charge is 2.69. The van der Waals surface area contributed by atoms with Crippen LogP contribution in [0.15, 0.2) is 0 Å². The van der Waals surface area contributed by atoms with E-state index >= 15 is 0 Å². The molecule has 3 N–H and O–H groups in total. The van der Waals surface area contributed by atoms with E-state index in [0.29, 0.717) is 24.4 Å². The summed E-state index contributed by atoms with van der Waals surface area (Å²) < 4.78 is 27.4. The van der Waals surface area contributed by atoms with Gasteiger partial charge in [-0.15, -0.1) is 0 Å². The predicted molar refractivity (Wildman–Crippen MR) is 130 cm³/mol. The number of hydrazine groups is 1. The van der Waals surface area contributed by atoms with Gasteiger partial charge in [0.15, 0.2) is 6.17 Å². The van der Waals surface area contributed by atoms with Crippen molar-refractivity contribution < 1.29 is 32.8 Å². The van der Waals surface area contributed by atoms with Gasteiger partial charge in [-0.1, -0.05) is 45.7 Å². The molecule has 2 saturated heterocycles. The SMILES string of the molecule is CCC(C)C(NC(=O)C(C)F)C(=O)N1C[C@H]2[C@@H]([C@H]1C(=O)NN(C[C@@H]1CCNC1=O)C(=O)C(F)Cl)C2(C)C. The van der Waals surface area contributed by atoms with Gasteiger partial charge in [-0.05, 0) is 36.5 Å². The highest BCUT2D eigenvalue weighted by atomic mass is 35.5. The molecule has 37 heavy (non-hydrogen) atoms. The van der Waals surface area contributed by atoms with Crippen LogP contribution in [-0.2, 0) is 24.0 Å². The summed E-state index contributed by atoms with van der Waals surface area (Å²) in [6.45, 7) is 8.93. The smallest absolute Gasteiger partial charge is 0.291 e. The summed E-state index contributed by atoms with van der Waals surface area (Å²) in [7, 11) is 0. The van der Waals surface area contributed by atoms with Crippen molar-refractivity contribution in [2.75, 3.05) is 19.6 Å². The van der Waals surface area contributed by atoms with Crippen LogP contribution in [0.3, 0.4) is 0 Å². The molecular formula is C24H36ClF2N5O5. The second-order valence-corrected chi connectivity index (χ2v) is 11.3. The van der Waals surface area contributed by atoms with Crippen LogP contribution in [0.2, 0.25) is 0 Å². The number of fused-ring (bicyclic) bond motifs is 1. The molecule has 1 saturated carbocycles. The molecule has 8 atom stereocenters. The molecule has 208 valence electrons. The molecule has 3 fully saturated rings. The lowest BCUT2D eigenvalue weighted by molar-refractivity contribution is -0.150. The Kier molecular flexibility index (Phi) is 8.71. The molecule has 4 unspecified atom stereocenters. The van der Waals surface area contributed by atoms with Crippen molar-refractivity contribution in [1.82, 2.24) is 26.0 Å². The van der Waals surface area contributed by atoms with E-state index in [0.717, 1.165) is 6.92 Å². The van der Waals surface area contributed by atoms with E-state index in [-0.39, 0.29) is 42.2 Å². The van der Waals surface area contributed by atoms with Gasteiger partial charge in [0.1, 0.15) is 12.1 Å². The number of likely N-dealkylation sites (tertiary alicyclic amines) is 1. The first-order valence-corrected chi connectivity index (χ1v) is 13.1. The third-order valence-corrected chi connectivity index (χ3v) is 8.35. The van der Waals surface area contributed by atoms with E-state index in [1.54, 1.807) is 6.92 Å². The Labute approximate surface area is 220 Å². The summed E-state index contributed by atoms with van der Waals surface area (Å²) in [6, 6.07) is -2.07. The van der Waals surface area contributed by atoms with Crippen LogP contribution in [0, 0.1) is 29.1 Å². The molecule has 2 heterocycles. The minimum Gasteiger partial charge on any atom is -0.356 e. The largest absolute Gasteiger partial charge is 0.356 e. The fourth-order valence-corrected chi connectivity index (χ4v) is 5.61. The Bertz CT molecular complexity index is 948. The first kappa shape index (κ1) is 29.1. The second kappa shape index (κ2) is 11.1. The van der Waals surface area contributed by atoms with Gasteiger partial charge in [-0.2, -0.15) is 0 Å². The zero-order valence-corrected chi connectivity index (χ0v) is 22.5. The second-order valence-electron chi connectivity index (χ2n) is 10.9. The number of carbonyl (C=O) groups is 5. The van der Waals surface area contributed by atoms with Gasteiger partial charge in [0.25, 0.3) is 23.4 Å². The predicted octanol–water partition coefficient (Wildman–Crippen LogP) is 0.889. The van der Waals surface area contributed by atoms with Crippen LogP contribution in [0.1, 0.15) is 47.5 Å². The fourth-order valence-electron chi connectivity index (χ4n) is 5.49. The summed E-state index contributed by atoms with van der Waals surface area (Å²) in [4.78, 5) is 65.1. The van der Waals surface area contributed by atoms with Gasteiger partial charge in [0.05, 0.1) is 12.5 Å². The van der Waals surface area contributed by atoms with Crippen LogP contribution < -0.4 is 16.1 Å². The van der Waals surface area contributed by atoms with E-state index in [1.807, 2.05) is 20.8 Å². The molecule has 0 spiro atoms. The highest BCUT2D eigenvalue weighted by Crippen LogP contribution is 2.65. The van der Waals surface area contributed by atoms with Gasteiger partial charge in [-0.25, -0.2) is 13.8 Å². The summed E-state index contributed by atoms with van der Waals surface area (Å²) >= 11 is 5.37. The lowest BCUT2D eigenvalue weighted by atomic mass is 9.95. The number of amides is 5. The molecular weight excluding hydrogens is 512 g/mol. The standard InChI is InChI=1S/C24H36ClF2N5O5/c1-6-11(2)16(29-19(33)12(3)26)22(36)31-10-14-15(24(14,4)5)17(31)21(35)30-32(23(37)18(25)27)9-13-7-8-28-20(13)34/h11-18H,6-10H2,1-5H3,(H,28,34)(H,29,33)(H,30,35)/t11?,12?,13-,14-,15-,16?,17-,18?/m0/s1. The molecule has 2 aliphatic heterocycles. The van der Waals surface area contributed by atoms with Crippen molar-refractivity contribution in [2.45, 2.75) is 71.3 Å². The third-order valence-electron chi connectivity index (χ3n) is 8.16. The minimum absolute atomic E-state index is 0.00713. The lowest BCUT2D eigenvalue weighted by Crippen LogP contribution is -2.60. The van der Waals surface area contributed by atoms with Crippen molar-refractivity contribution in [3.8, 4) is 0 Å². The molecule has 0 aromatic rings. The summed E-state index contributed by atoms with van der Waals surface area (Å²) in [5.41, 5.74) is -0.301. The fraction of sp³-hybridized carbons (Fsp3) is 0.792. The maximum atomic E-state index is 13.8. The number of nitrogens with one attached hydrogen (secondary N) is 3. The Hall–Kier alpha value is -2.50. The summed E-state index contributed by atoms with van der Waals surface area (Å²) in [5.74, 6) is -4.96. The zero-order valence-electron chi connectivity index (χ0n) is 21.7. The normalized spacial score (nSPS) is 28.9. The quantitative estimate of drug-likeness (QED) is 0.292. The van der Waals surface area contributed by atoms with Crippen molar-refractivity contribution in [3.05, 3.63) is 0 Å². The molecule has 0 bridgehead atoms. The number of hydrogen-bond acceptors (Lipinski definition) is 5. The van der Waals surface area contributed by atoms with Crippen molar-refractivity contribution >= 4 is 41.1 Å². The van der Waals surface area contributed by atoms with Crippen molar-refractivity contribution in [3.63, 3.8) is 0 Å². The van der Waals surface area contributed by atoms with E-state index in [9.17, 15) is 32.8 Å². The minimum atomic E-state index is -2.44. The number of halogens is 3. The maximum Gasteiger partial charge on any atom is 0.291 e. The van der Waals surface area contributed by atoms with E-state index in [2.05, 4.69) is 16.1 Å². The van der Waals surface area contributed by atoms with Crippen LogP contribution in [-0.4, -0.2) is 83.0 Å². The monoisotopic (exact) mass is 547 g/mol. The summed E-state index contributed by atoms with van der Waals surface area (Å²) in [6.07, 6.45) is -0.909. The molecule has 3 aliphatic rings. The Morgan fingerprint density at radius 1 is 1.24 bits per heavy atom. The number of rotatable bonds is 9. The lowest BCUT2D eigenvalue weighted by Gasteiger charge is -2.36. The molecule has 0 aromatic carbocycles. The van der Waals surface area contributed by atoms with Crippen LogP contribution in [0.4, 0.5) is 8.78 Å². The average Bonchev–Trinajstić information content (AvgIpc) is 3.19. The Morgan fingerprint density at radius 2 is 1.89 bits per heavy atom. The number of alkyl halides is 3. The van der Waals surface area contributed by atoms with Gasteiger partial charge < -0.3 is 15.5 Å². The number of carbonyl (C=O) groups excluding carboxylic acids is 5. The van der Waals surface area contributed by atoms with Gasteiger partial charge in [-0.3, -0.25) is 29.4 Å². The van der Waals surface area contributed by atoms with E-state index in [4.69, 9.17) is 11.6 Å². The van der Waals surface area contributed by atoms with Crippen LogP contribution in [0.5, 0.6) is 0 Å². The molecule has 5 amide bonds. The van der Waals surface area contributed by atoms with E-state index in [1.165, 1.54) is 4.90 Å². The van der Waals surface area contributed by atoms with Crippen LogP contribution >= 0.6 is 11.6 Å². The molecule has 3 rings (SSSR count). The molecule has 13 heteroatoms. The first-order chi connectivity index (χ1) is 17.2. The summed E-state index contributed by atoms with van der Waals surface area (Å²) in [5, 5.41) is 5.80. The topological polar surface area (TPSA) is 128 Å². The maximum absolute atomic E-state index is 13.8. The first-order valence-electron chi connectivity index (χ1n) is 12.6. The molecule has 0 aromatic heterocycles. The van der Waals surface area contributed by atoms with Crippen molar-refractivity contribution in [2.24, 2.45) is 29.1 Å². The Balaban J connectivity index is 1.85. The van der Waals surface area contributed by atoms with E-state index < -0.39 is 53.4 Å². The number of piperidine rings is 1. The molecule has 10 nitrogen and oxygen atoms in total. The van der Waals surface area contributed by atoms with Crippen molar-refractivity contribution in [1.29, 1.82) is 0 Å². The van der Waals surface area contributed by atoms with Crippen LogP contribution in [0.25, 0.3) is 0 Å². The third kappa shape index (κ3) is 5.83. The molecule has 1 aliphatic carbocycles. The Morgan fingerprint density at radius 3 is 2.41 bits per heavy atom. The van der Waals surface area contributed by atoms with Gasteiger partial charge in [0.2, 0.25) is 11.8 Å².